The van der Waals surface area contributed by atoms with Crippen LogP contribution in [-0.4, -0.2) is 12.0 Å². The van der Waals surface area contributed by atoms with Crippen molar-refractivity contribution in [2.24, 2.45) is 0 Å². The molecule has 0 radical (unpaired) electrons. The predicted molar refractivity (Wildman–Crippen MR) is 75.3 cm³/mol. The van der Waals surface area contributed by atoms with Gasteiger partial charge in [0.05, 0.1) is 4.92 Å². The van der Waals surface area contributed by atoms with E-state index in [1.54, 1.807) is 36.2 Å². The van der Waals surface area contributed by atoms with Crippen molar-refractivity contribution in [3.05, 3.63) is 62.9 Å². The Morgan fingerprint density at radius 1 is 1.26 bits per heavy atom. The minimum atomic E-state index is -0.462. The summed E-state index contributed by atoms with van der Waals surface area (Å²) in [6, 6.07) is 10.6. The van der Waals surface area contributed by atoms with E-state index in [4.69, 9.17) is 0 Å². The Balaban J connectivity index is 2.49. The first-order chi connectivity index (χ1) is 8.99. The maximum atomic E-state index is 13.2. The molecule has 0 saturated carbocycles. The molecule has 0 heterocycles. The second kappa shape index (κ2) is 5.36. The molecule has 2 rings (SSSR count). The molecule has 19 heavy (non-hydrogen) atoms. The molecule has 6 heteroatoms. The Bertz CT molecular complexity index is 634. The fourth-order valence-corrected chi connectivity index (χ4v) is 2.10. The molecule has 0 aliphatic carbocycles. The van der Waals surface area contributed by atoms with E-state index in [1.165, 1.54) is 18.2 Å². The SMILES string of the molecule is CN(c1cccc(F)c1)c1ccc(Br)cc1[N+](=O)[O-]. The Labute approximate surface area is 117 Å². The van der Waals surface area contributed by atoms with Crippen LogP contribution in [0.1, 0.15) is 0 Å². The number of halogens is 2. The summed E-state index contributed by atoms with van der Waals surface area (Å²) >= 11 is 3.20. The summed E-state index contributed by atoms with van der Waals surface area (Å²) < 4.78 is 13.8. The molecule has 0 fully saturated rings. The third kappa shape index (κ3) is 2.90. The van der Waals surface area contributed by atoms with Crippen LogP contribution >= 0.6 is 15.9 Å². The van der Waals surface area contributed by atoms with Crippen molar-refractivity contribution in [1.82, 2.24) is 0 Å². The molecule has 0 aliphatic heterocycles. The second-order valence-corrected chi connectivity index (χ2v) is 4.84. The summed E-state index contributed by atoms with van der Waals surface area (Å²) in [6.45, 7) is 0. The van der Waals surface area contributed by atoms with Crippen LogP contribution in [0.3, 0.4) is 0 Å². The molecule has 0 saturated heterocycles. The van der Waals surface area contributed by atoms with Gasteiger partial charge in [-0.15, -0.1) is 0 Å². The molecule has 0 aromatic heterocycles. The number of hydrogen-bond acceptors (Lipinski definition) is 3. The molecule has 0 unspecified atom stereocenters. The van der Waals surface area contributed by atoms with Crippen molar-refractivity contribution in [2.45, 2.75) is 0 Å². The first-order valence-corrected chi connectivity index (χ1v) is 6.21. The van der Waals surface area contributed by atoms with Crippen molar-refractivity contribution < 1.29 is 9.31 Å². The molecule has 2 aromatic carbocycles. The highest BCUT2D eigenvalue weighted by atomic mass is 79.9. The Morgan fingerprint density at radius 3 is 2.63 bits per heavy atom. The number of nitro benzene ring substituents is 1. The van der Waals surface area contributed by atoms with Gasteiger partial charge in [0.1, 0.15) is 11.5 Å². The number of hydrogen-bond donors (Lipinski definition) is 0. The lowest BCUT2D eigenvalue weighted by atomic mass is 10.2. The number of nitro groups is 1. The lowest BCUT2D eigenvalue weighted by molar-refractivity contribution is -0.384. The van der Waals surface area contributed by atoms with E-state index in [-0.39, 0.29) is 11.5 Å². The van der Waals surface area contributed by atoms with Crippen LogP contribution in [0, 0.1) is 15.9 Å². The monoisotopic (exact) mass is 324 g/mol. The average Bonchev–Trinajstić information content (AvgIpc) is 2.37. The highest BCUT2D eigenvalue weighted by molar-refractivity contribution is 9.10. The fourth-order valence-electron chi connectivity index (χ4n) is 1.75. The van der Waals surface area contributed by atoms with Crippen molar-refractivity contribution in [3.63, 3.8) is 0 Å². The van der Waals surface area contributed by atoms with Gasteiger partial charge in [0, 0.05) is 23.3 Å². The molecule has 0 N–H and O–H groups in total. The van der Waals surface area contributed by atoms with Crippen molar-refractivity contribution in [3.8, 4) is 0 Å². The minimum Gasteiger partial charge on any atom is -0.339 e. The normalized spacial score (nSPS) is 10.3. The third-order valence-electron chi connectivity index (χ3n) is 2.69. The quantitative estimate of drug-likeness (QED) is 0.625. The second-order valence-electron chi connectivity index (χ2n) is 3.93. The third-order valence-corrected chi connectivity index (χ3v) is 3.18. The standard InChI is InChI=1S/C13H10BrFN2O2/c1-16(11-4-2-3-10(15)8-11)12-6-5-9(14)7-13(12)17(18)19/h2-8H,1H3. The topological polar surface area (TPSA) is 46.4 Å². The summed E-state index contributed by atoms with van der Waals surface area (Å²) in [4.78, 5) is 12.2. The van der Waals surface area contributed by atoms with E-state index < -0.39 is 4.92 Å². The van der Waals surface area contributed by atoms with Gasteiger partial charge < -0.3 is 4.90 Å². The van der Waals surface area contributed by atoms with E-state index in [9.17, 15) is 14.5 Å². The number of nitrogens with zero attached hydrogens (tertiary/aromatic N) is 2. The van der Waals surface area contributed by atoms with Crippen molar-refractivity contribution in [1.29, 1.82) is 0 Å². The zero-order chi connectivity index (χ0) is 14.0. The number of benzene rings is 2. The predicted octanol–water partition coefficient (Wildman–Crippen LogP) is 4.26. The van der Waals surface area contributed by atoms with Gasteiger partial charge in [-0.05, 0) is 30.3 Å². The van der Waals surface area contributed by atoms with Gasteiger partial charge in [-0.1, -0.05) is 22.0 Å². The van der Waals surface area contributed by atoms with Crippen LogP contribution in [0.5, 0.6) is 0 Å². The van der Waals surface area contributed by atoms with Crippen molar-refractivity contribution >= 4 is 33.0 Å². The Morgan fingerprint density at radius 2 is 2.00 bits per heavy atom. The maximum Gasteiger partial charge on any atom is 0.293 e. The maximum absolute atomic E-state index is 13.2. The molecule has 0 atom stereocenters. The molecule has 0 spiro atoms. The molecule has 0 amide bonds. The molecule has 98 valence electrons. The smallest absolute Gasteiger partial charge is 0.293 e. The van der Waals surface area contributed by atoms with Crippen molar-refractivity contribution in [2.75, 3.05) is 11.9 Å². The lowest BCUT2D eigenvalue weighted by Gasteiger charge is -2.19. The minimum absolute atomic E-state index is 0.0406. The van der Waals surface area contributed by atoms with Gasteiger partial charge in [-0.25, -0.2) is 4.39 Å². The number of rotatable bonds is 3. The summed E-state index contributed by atoms with van der Waals surface area (Å²) in [5.41, 5.74) is 0.908. The molecule has 0 aliphatic rings. The van der Waals surface area contributed by atoms with E-state index in [0.717, 1.165) is 0 Å². The first-order valence-electron chi connectivity index (χ1n) is 5.42. The van der Waals surface area contributed by atoms with E-state index in [0.29, 0.717) is 15.8 Å². The largest absolute Gasteiger partial charge is 0.339 e. The van der Waals surface area contributed by atoms with Gasteiger partial charge in [-0.2, -0.15) is 0 Å². The van der Waals surface area contributed by atoms with Gasteiger partial charge in [-0.3, -0.25) is 10.1 Å². The molecule has 4 nitrogen and oxygen atoms in total. The molecule has 2 aromatic rings. The Kier molecular flexibility index (Phi) is 3.80. The molecule has 0 bridgehead atoms. The van der Waals surface area contributed by atoms with Gasteiger partial charge in [0.2, 0.25) is 0 Å². The first kappa shape index (κ1) is 13.5. The molecular weight excluding hydrogens is 315 g/mol. The van der Waals surface area contributed by atoms with E-state index in [1.807, 2.05) is 0 Å². The van der Waals surface area contributed by atoms with Crippen LogP contribution in [0.2, 0.25) is 0 Å². The summed E-state index contributed by atoms with van der Waals surface area (Å²) in [6.07, 6.45) is 0. The molecular formula is C13H10BrFN2O2. The summed E-state index contributed by atoms with van der Waals surface area (Å²) in [5.74, 6) is -0.385. The van der Waals surface area contributed by atoms with Crippen LogP contribution in [-0.2, 0) is 0 Å². The van der Waals surface area contributed by atoms with E-state index >= 15 is 0 Å². The van der Waals surface area contributed by atoms with Gasteiger partial charge in [0.15, 0.2) is 0 Å². The summed E-state index contributed by atoms with van der Waals surface area (Å²) in [7, 11) is 1.66. The average molecular weight is 325 g/mol. The van der Waals surface area contributed by atoms with Crippen LogP contribution in [0.15, 0.2) is 46.9 Å². The van der Waals surface area contributed by atoms with Crippen LogP contribution in [0.4, 0.5) is 21.5 Å². The zero-order valence-electron chi connectivity index (χ0n) is 10.0. The zero-order valence-corrected chi connectivity index (χ0v) is 11.6. The van der Waals surface area contributed by atoms with Crippen LogP contribution < -0.4 is 4.90 Å². The highest BCUT2D eigenvalue weighted by Crippen LogP contribution is 2.34. The van der Waals surface area contributed by atoms with Gasteiger partial charge in [0.25, 0.3) is 5.69 Å². The highest BCUT2D eigenvalue weighted by Gasteiger charge is 2.18. The van der Waals surface area contributed by atoms with E-state index in [2.05, 4.69) is 15.9 Å². The van der Waals surface area contributed by atoms with Gasteiger partial charge >= 0.3 is 0 Å². The summed E-state index contributed by atoms with van der Waals surface area (Å²) in [5, 5.41) is 11.1. The lowest BCUT2D eigenvalue weighted by Crippen LogP contribution is -2.11. The number of anilines is 2. The van der Waals surface area contributed by atoms with Crippen LogP contribution in [0.25, 0.3) is 0 Å². The fraction of sp³-hybridized carbons (Fsp3) is 0.0769. The Hall–Kier alpha value is -1.95.